The molecule has 4 rings (SSSR count). The molecule has 0 aliphatic carbocycles. The first kappa shape index (κ1) is 16.6. The molecule has 1 saturated heterocycles. The summed E-state index contributed by atoms with van der Waals surface area (Å²) in [5.41, 5.74) is 2.44. The van der Waals surface area contributed by atoms with Crippen LogP contribution in [0.1, 0.15) is 35.4 Å². The Morgan fingerprint density at radius 1 is 1.27 bits per heavy atom. The van der Waals surface area contributed by atoms with Crippen LogP contribution in [0, 0.1) is 0 Å². The summed E-state index contributed by atoms with van der Waals surface area (Å²) in [6, 6.07) is 11.3. The Morgan fingerprint density at radius 3 is 2.92 bits per heavy atom. The van der Waals surface area contributed by atoms with Crippen LogP contribution in [0.15, 0.2) is 42.6 Å². The molecule has 1 fully saturated rings. The molecule has 1 amide bonds. The van der Waals surface area contributed by atoms with Gasteiger partial charge in [0.2, 0.25) is 0 Å². The van der Waals surface area contributed by atoms with Gasteiger partial charge in [-0.1, -0.05) is 12.1 Å². The highest BCUT2D eigenvalue weighted by atomic mass is 16.5. The van der Waals surface area contributed by atoms with Crippen molar-refractivity contribution in [3.63, 3.8) is 0 Å². The van der Waals surface area contributed by atoms with Crippen molar-refractivity contribution < 1.29 is 9.53 Å². The van der Waals surface area contributed by atoms with Crippen LogP contribution in [0.4, 0.5) is 0 Å². The van der Waals surface area contributed by atoms with Crippen molar-refractivity contribution in [1.29, 1.82) is 0 Å². The molecule has 0 spiro atoms. The number of rotatable bonds is 4. The zero-order valence-electron chi connectivity index (χ0n) is 15.1. The van der Waals surface area contributed by atoms with Gasteiger partial charge < -0.3 is 14.2 Å². The van der Waals surface area contributed by atoms with Crippen LogP contribution in [0.25, 0.3) is 11.2 Å². The monoisotopic (exact) mass is 350 g/mol. The molecule has 26 heavy (non-hydrogen) atoms. The topological polar surface area (TPSA) is 60.2 Å². The van der Waals surface area contributed by atoms with E-state index in [-0.39, 0.29) is 11.8 Å². The predicted octanol–water partition coefficient (Wildman–Crippen LogP) is 3.09. The van der Waals surface area contributed by atoms with Crippen LogP contribution in [-0.4, -0.2) is 45.5 Å². The van der Waals surface area contributed by atoms with Crippen LogP contribution in [-0.2, 0) is 6.54 Å². The maximum absolute atomic E-state index is 12.9. The Kier molecular flexibility index (Phi) is 4.32. The molecule has 3 heterocycles. The lowest BCUT2D eigenvalue weighted by atomic mass is 10.1. The molecule has 0 unspecified atom stereocenters. The normalized spacial score (nSPS) is 17.0. The number of amides is 1. The Morgan fingerprint density at radius 2 is 2.12 bits per heavy atom. The van der Waals surface area contributed by atoms with E-state index in [4.69, 9.17) is 9.72 Å². The third-order valence-electron chi connectivity index (χ3n) is 5.03. The van der Waals surface area contributed by atoms with Crippen molar-refractivity contribution in [2.45, 2.75) is 25.8 Å². The second-order valence-electron chi connectivity index (χ2n) is 6.50. The Bertz CT molecular complexity index is 950. The highest BCUT2D eigenvalue weighted by Crippen LogP contribution is 2.31. The van der Waals surface area contributed by atoms with E-state index in [2.05, 4.69) is 16.5 Å². The van der Waals surface area contributed by atoms with Crippen molar-refractivity contribution in [3.8, 4) is 5.75 Å². The zero-order chi connectivity index (χ0) is 18.1. The lowest BCUT2D eigenvalue weighted by Gasteiger charge is -2.18. The second-order valence-corrected chi connectivity index (χ2v) is 6.50. The van der Waals surface area contributed by atoms with Gasteiger partial charge in [-0.05, 0) is 37.6 Å². The smallest absolute Gasteiger partial charge is 0.257 e. The molecule has 0 radical (unpaired) electrons. The van der Waals surface area contributed by atoms with Gasteiger partial charge in [0.25, 0.3) is 5.91 Å². The maximum Gasteiger partial charge on any atom is 0.257 e. The molecule has 1 atom stereocenters. The number of methoxy groups -OCH3 is 1. The molecular formula is C20H22N4O2. The molecule has 1 aliphatic rings. The summed E-state index contributed by atoms with van der Waals surface area (Å²) in [7, 11) is 1.59. The van der Waals surface area contributed by atoms with Crippen molar-refractivity contribution in [2.75, 3.05) is 20.2 Å². The second kappa shape index (κ2) is 6.78. The van der Waals surface area contributed by atoms with Gasteiger partial charge in [-0.15, -0.1) is 0 Å². The van der Waals surface area contributed by atoms with Gasteiger partial charge >= 0.3 is 0 Å². The number of benzene rings is 1. The third kappa shape index (κ3) is 2.71. The molecule has 134 valence electrons. The molecule has 0 N–H and O–H groups in total. The average Bonchev–Trinajstić information content (AvgIpc) is 3.31. The fraction of sp³-hybridized carbons (Fsp3) is 0.350. The number of fused-ring (bicyclic) bond motifs is 1. The number of nitrogens with zero attached hydrogens (tertiary/aromatic N) is 4. The van der Waals surface area contributed by atoms with E-state index in [1.165, 1.54) is 0 Å². The van der Waals surface area contributed by atoms with E-state index in [0.29, 0.717) is 17.9 Å². The number of aromatic nitrogens is 3. The van der Waals surface area contributed by atoms with E-state index in [1.807, 2.05) is 41.3 Å². The number of hydrogen-bond donors (Lipinski definition) is 0. The van der Waals surface area contributed by atoms with Crippen LogP contribution >= 0.6 is 0 Å². The molecular weight excluding hydrogens is 328 g/mol. The van der Waals surface area contributed by atoms with Gasteiger partial charge in [0.1, 0.15) is 17.1 Å². The summed E-state index contributed by atoms with van der Waals surface area (Å²) in [6.07, 6.45) is 2.70. The quantitative estimate of drug-likeness (QED) is 0.725. The van der Waals surface area contributed by atoms with Gasteiger partial charge in [0.05, 0.1) is 12.7 Å². The van der Waals surface area contributed by atoms with Crippen molar-refractivity contribution in [3.05, 3.63) is 54.0 Å². The van der Waals surface area contributed by atoms with Crippen molar-refractivity contribution in [1.82, 2.24) is 19.4 Å². The number of carbonyl (C=O) groups excluding carboxylic acids is 1. The first-order chi connectivity index (χ1) is 12.7. The molecule has 0 saturated carbocycles. The zero-order valence-corrected chi connectivity index (χ0v) is 15.1. The summed E-state index contributed by atoms with van der Waals surface area (Å²) >= 11 is 0. The fourth-order valence-corrected chi connectivity index (χ4v) is 3.75. The first-order valence-electron chi connectivity index (χ1n) is 8.96. The highest BCUT2D eigenvalue weighted by Gasteiger charge is 2.32. The Hall–Kier alpha value is -2.89. The minimum Gasteiger partial charge on any atom is -0.496 e. The summed E-state index contributed by atoms with van der Waals surface area (Å²) in [6.45, 7) is 4.31. The lowest BCUT2D eigenvalue weighted by Crippen LogP contribution is -2.29. The number of aryl methyl sites for hydroxylation is 1. The summed E-state index contributed by atoms with van der Waals surface area (Å²) < 4.78 is 7.51. The minimum absolute atomic E-state index is 0.0160. The summed E-state index contributed by atoms with van der Waals surface area (Å²) in [5, 5.41) is 0. The molecule has 2 aromatic heterocycles. The van der Waals surface area contributed by atoms with E-state index in [0.717, 1.165) is 36.5 Å². The highest BCUT2D eigenvalue weighted by molar-refractivity contribution is 5.97. The van der Waals surface area contributed by atoms with Crippen LogP contribution in [0.3, 0.4) is 0 Å². The number of pyridine rings is 1. The fourth-order valence-electron chi connectivity index (χ4n) is 3.75. The van der Waals surface area contributed by atoms with E-state index < -0.39 is 0 Å². The van der Waals surface area contributed by atoms with E-state index in [9.17, 15) is 4.79 Å². The molecule has 1 aliphatic heterocycles. The van der Waals surface area contributed by atoms with Crippen LogP contribution in [0.2, 0.25) is 0 Å². The molecule has 3 aromatic rings. The van der Waals surface area contributed by atoms with Gasteiger partial charge in [-0.2, -0.15) is 0 Å². The maximum atomic E-state index is 12.9. The average molecular weight is 350 g/mol. The van der Waals surface area contributed by atoms with Gasteiger partial charge in [0.15, 0.2) is 5.65 Å². The minimum atomic E-state index is 0.0160. The molecule has 0 bridgehead atoms. The number of likely N-dealkylation sites (tertiary alicyclic amines) is 1. The largest absolute Gasteiger partial charge is 0.496 e. The van der Waals surface area contributed by atoms with Crippen LogP contribution in [0.5, 0.6) is 5.75 Å². The first-order valence-corrected chi connectivity index (χ1v) is 8.96. The SMILES string of the molecule is CCn1c([C@@H]2CCN(C(=O)c3ccccc3OC)C2)nc2cccnc21. The van der Waals surface area contributed by atoms with Crippen molar-refractivity contribution >= 4 is 17.1 Å². The van der Waals surface area contributed by atoms with E-state index in [1.54, 1.807) is 13.3 Å². The Labute approximate surface area is 152 Å². The van der Waals surface area contributed by atoms with Crippen molar-refractivity contribution in [2.24, 2.45) is 0 Å². The number of para-hydroxylation sites is 1. The van der Waals surface area contributed by atoms with Gasteiger partial charge in [0, 0.05) is 31.7 Å². The molecule has 1 aromatic carbocycles. The number of carbonyl (C=O) groups is 1. The standard InChI is InChI=1S/C20H22N4O2/c1-3-24-18(22-16-8-6-11-21-19(16)24)14-10-12-23(13-14)20(25)15-7-4-5-9-17(15)26-2/h4-9,11,14H,3,10,12-13H2,1-2H3/t14-/m1/s1. The van der Waals surface area contributed by atoms with E-state index >= 15 is 0 Å². The summed E-state index contributed by atoms with van der Waals surface area (Å²) in [5.74, 6) is 1.88. The number of ether oxygens (including phenoxy) is 1. The summed E-state index contributed by atoms with van der Waals surface area (Å²) in [4.78, 5) is 24.1. The lowest BCUT2D eigenvalue weighted by molar-refractivity contribution is 0.0787. The Balaban J connectivity index is 1.60. The third-order valence-corrected chi connectivity index (χ3v) is 5.03. The number of imidazole rings is 1. The molecule has 6 heteroatoms. The van der Waals surface area contributed by atoms with Gasteiger partial charge in [-0.25, -0.2) is 9.97 Å². The number of hydrogen-bond acceptors (Lipinski definition) is 4. The molecule has 6 nitrogen and oxygen atoms in total. The van der Waals surface area contributed by atoms with Crippen LogP contribution < -0.4 is 4.74 Å². The van der Waals surface area contributed by atoms with Gasteiger partial charge in [-0.3, -0.25) is 4.79 Å². The predicted molar refractivity (Wildman–Crippen MR) is 99.5 cm³/mol.